The minimum atomic E-state index is -0.0290. The van der Waals surface area contributed by atoms with E-state index in [1.807, 2.05) is 0 Å². The predicted molar refractivity (Wildman–Crippen MR) is 88.1 cm³/mol. The summed E-state index contributed by atoms with van der Waals surface area (Å²) in [5, 5.41) is 3.14. The molecule has 22 heavy (non-hydrogen) atoms. The van der Waals surface area contributed by atoms with Crippen molar-refractivity contribution >= 4 is 22.9 Å². The molecule has 2 aliphatic heterocycles. The molecule has 7 heteroatoms. The largest absolute Gasteiger partial charge is 0.379 e. The highest BCUT2D eigenvalue weighted by molar-refractivity contribution is 8.13. The number of nitrogens with one attached hydrogen (secondary N) is 1. The number of hydrogen-bond donors (Lipinski definition) is 1. The third-order valence-electron chi connectivity index (χ3n) is 4.66. The number of amides is 2. The fourth-order valence-corrected chi connectivity index (χ4v) is 3.66. The Morgan fingerprint density at radius 3 is 2.68 bits per heavy atom. The Kier molecular flexibility index (Phi) is 6.52. The summed E-state index contributed by atoms with van der Waals surface area (Å²) < 4.78 is 5.40. The molecule has 2 amide bonds. The molecule has 0 aromatic heterocycles. The number of morpholine rings is 1. The van der Waals surface area contributed by atoms with Crippen LogP contribution in [0, 0.1) is 0 Å². The molecule has 2 aliphatic rings. The number of hydrogen-bond acceptors (Lipinski definition) is 5. The van der Waals surface area contributed by atoms with Crippen molar-refractivity contribution in [1.82, 2.24) is 15.1 Å². The molecule has 2 saturated heterocycles. The molecule has 2 heterocycles. The average molecular weight is 329 g/mol. The van der Waals surface area contributed by atoms with Crippen molar-refractivity contribution in [2.24, 2.45) is 0 Å². The molecule has 1 N–H and O–H groups in total. The standard InChI is InChI=1S/C15H27N3O3S/c1-3-15(2,18-6-9-21-10-7-18)12-16-13(19)4-5-17-8-11-22-14(17)20/h3-12H2,1-2H3,(H,16,19). The molecule has 6 nitrogen and oxygen atoms in total. The summed E-state index contributed by atoms with van der Waals surface area (Å²) in [5.41, 5.74) is -0.0290. The minimum absolute atomic E-state index is 0.0256. The van der Waals surface area contributed by atoms with Crippen molar-refractivity contribution < 1.29 is 14.3 Å². The zero-order chi connectivity index (χ0) is 16.0. The SMILES string of the molecule is CCC(C)(CNC(=O)CCN1CCSC1=O)N1CCOCC1. The molecule has 2 rings (SSSR count). The van der Waals surface area contributed by atoms with E-state index in [1.54, 1.807) is 4.90 Å². The number of rotatable bonds is 7. The monoisotopic (exact) mass is 329 g/mol. The van der Waals surface area contributed by atoms with Crippen molar-refractivity contribution in [3.8, 4) is 0 Å². The zero-order valence-electron chi connectivity index (χ0n) is 13.6. The first-order valence-electron chi connectivity index (χ1n) is 8.06. The maximum absolute atomic E-state index is 12.1. The van der Waals surface area contributed by atoms with E-state index in [1.165, 1.54) is 11.8 Å². The molecule has 0 spiro atoms. The highest BCUT2D eigenvalue weighted by atomic mass is 32.2. The Labute approximate surface area is 136 Å². The first-order chi connectivity index (χ1) is 10.5. The van der Waals surface area contributed by atoms with E-state index in [0.717, 1.165) is 45.0 Å². The normalized spacial score (nSPS) is 22.6. The van der Waals surface area contributed by atoms with Gasteiger partial charge in [0, 0.05) is 50.4 Å². The van der Waals surface area contributed by atoms with Gasteiger partial charge in [-0.25, -0.2) is 0 Å². The quantitative estimate of drug-likeness (QED) is 0.759. The highest BCUT2D eigenvalue weighted by Gasteiger charge is 2.31. The van der Waals surface area contributed by atoms with Gasteiger partial charge in [0.25, 0.3) is 5.24 Å². The van der Waals surface area contributed by atoms with Crippen LogP contribution in [-0.4, -0.2) is 78.2 Å². The van der Waals surface area contributed by atoms with E-state index in [2.05, 4.69) is 24.1 Å². The van der Waals surface area contributed by atoms with Gasteiger partial charge < -0.3 is 15.0 Å². The van der Waals surface area contributed by atoms with Crippen LogP contribution in [0.25, 0.3) is 0 Å². The number of thioether (sulfide) groups is 1. The lowest BCUT2D eigenvalue weighted by Crippen LogP contribution is -2.57. The van der Waals surface area contributed by atoms with Gasteiger partial charge in [0.05, 0.1) is 13.2 Å². The third kappa shape index (κ3) is 4.60. The maximum atomic E-state index is 12.1. The van der Waals surface area contributed by atoms with E-state index in [0.29, 0.717) is 19.5 Å². The van der Waals surface area contributed by atoms with Gasteiger partial charge in [-0.05, 0) is 13.3 Å². The van der Waals surface area contributed by atoms with E-state index >= 15 is 0 Å². The van der Waals surface area contributed by atoms with Gasteiger partial charge >= 0.3 is 0 Å². The average Bonchev–Trinajstić information content (AvgIpc) is 2.96. The Balaban J connectivity index is 1.74. The van der Waals surface area contributed by atoms with Crippen LogP contribution < -0.4 is 5.32 Å². The lowest BCUT2D eigenvalue weighted by atomic mass is 9.95. The molecule has 0 bridgehead atoms. The topological polar surface area (TPSA) is 61.9 Å². The van der Waals surface area contributed by atoms with Gasteiger partial charge in [-0.3, -0.25) is 14.5 Å². The summed E-state index contributed by atoms with van der Waals surface area (Å²) in [4.78, 5) is 27.7. The van der Waals surface area contributed by atoms with E-state index in [9.17, 15) is 9.59 Å². The smallest absolute Gasteiger partial charge is 0.281 e. The maximum Gasteiger partial charge on any atom is 0.281 e. The van der Waals surface area contributed by atoms with Crippen LogP contribution in [0.3, 0.4) is 0 Å². The van der Waals surface area contributed by atoms with E-state index in [-0.39, 0.29) is 16.7 Å². The Morgan fingerprint density at radius 2 is 2.09 bits per heavy atom. The second-order valence-electron chi connectivity index (χ2n) is 6.08. The number of ether oxygens (including phenoxy) is 1. The van der Waals surface area contributed by atoms with Crippen LogP contribution in [-0.2, 0) is 9.53 Å². The number of carbonyl (C=O) groups excluding carboxylic acids is 2. The zero-order valence-corrected chi connectivity index (χ0v) is 14.4. The molecular weight excluding hydrogens is 302 g/mol. The van der Waals surface area contributed by atoms with Gasteiger partial charge in [-0.1, -0.05) is 18.7 Å². The predicted octanol–water partition coefficient (Wildman–Crippen LogP) is 1.16. The van der Waals surface area contributed by atoms with Gasteiger partial charge in [-0.15, -0.1) is 0 Å². The molecule has 0 saturated carbocycles. The fraction of sp³-hybridized carbons (Fsp3) is 0.867. The van der Waals surface area contributed by atoms with Crippen LogP contribution in [0.2, 0.25) is 0 Å². The van der Waals surface area contributed by atoms with Crippen molar-refractivity contribution in [3.63, 3.8) is 0 Å². The van der Waals surface area contributed by atoms with E-state index < -0.39 is 0 Å². The summed E-state index contributed by atoms with van der Waals surface area (Å²) >= 11 is 1.33. The first-order valence-corrected chi connectivity index (χ1v) is 9.05. The van der Waals surface area contributed by atoms with Crippen LogP contribution in [0.1, 0.15) is 26.7 Å². The van der Waals surface area contributed by atoms with Gasteiger partial charge in [0.15, 0.2) is 0 Å². The van der Waals surface area contributed by atoms with Gasteiger partial charge in [0.2, 0.25) is 5.91 Å². The van der Waals surface area contributed by atoms with Gasteiger partial charge in [0.1, 0.15) is 0 Å². The molecule has 0 aliphatic carbocycles. The number of carbonyl (C=O) groups is 2. The molecule has 0 aromatic rings. The molecule has 126 valence electrons. The van der Waals surface area contributed by atoms with Crippen molar-refractivity contribution in [1.29, 1.82) is 0 Å². The van der Waals surface area contributed by atoms with E-state index in [4.69, 9.17) is 4.74 Å². The number of nitrogens with zero attached hydrogens (tertiary/aromatic N) is 2. The summed E-state index contributed by atoms with van der Waals surface area (Å²) in [7, 11) is 0. The van der Waals surface area contributed by atoms with Crippen LogP contribution in [0.4, 0.5) is 4.79 Å². The van der Waals surface area contributed by atoms with Crippen molar-refractivity contribution in [3.05, 3.63) is 0 Å². The Morgan fingerprint density at radius 1 is 1.36 bits per heavy atom. The lowest BCUT2D eigenvalue weighted by Gasteiger charge is -2.43. The molecule has 0 aromatic carbocycles. The molecule has 1 unspecified atom stereocenters. The van der Waals surface area contributed by atoms with Crippen molar-refractivity contribution in [2.45, 2.75) is 32.2 Å². The molecular formula is C15H27N3O3S. The Bertz CT molecular complexity index is 401. The summed E-state index contributed by atoms with van der Waals surface area (Å²) in [6.07, 6.45) is 1.36. The molecule has 0 radical (unpaired) electrons. The fourth-order valence-electron chi connectivity index (χ4n) is 2.81. The van der Waals surface area contributed by atoms with Crippen LogP contribution in [0.5, 0.6) is 0 Å². The first kappa shape index (κ1) is 17.6. The summed E-state index contributed by atoms with van der Waals surface area (Å²) in [5.74, 6) is 0.864. The summed E-state index contributed by atoms with van der Waals surface area (Å²) in [6.45, 7) is 9.64. The second-order valence-corrected chi connectivity index (χ2v) is 7.12. The van der Waals surface area contributed by atoms with Crippen LogP contribution >= 0.6 is 11.8 Å². The van der Waals surface area contributed by atoms with Gasteiger partial charge in [-0.2, -0.15) is 0 Å². The Hall–Kier alpha value is -0.790. The van der Waals surface area contributed by atoms with Crippen molar-refractivity contribution in [2.75, 3.05) is 51.7 Å². The lowest BCUT2D eigenvalue weighted by molar-refractivity contribution is -0.122. The second kappa shape index (κ2) is 8.17. The molecule has 2 fully saturated rings. The molecule has 1 atom stereocenters. The third-order valence-corrected chi connectivity index (χ3v) is 5.55. The van der Waals surface area contributed by atoms with Crippen LogP contribution in [0.15, 0.2) is 0 Å². The minimum Gasteiger partial charge on any atom is -0.379 e. The highest BCUT2D eigenvalue weighted by Crippen LogP contribution is 2.20. The summed E-state index contributed by atoms with van der Waals surface area (Å²) in [6, 6.07) is 0.